The van der Waals surface area contributed by atoms with E-state index in [2.05, 4.69) is 13.8 Å². The normalized spacial score (nSPS) is 19.5. The first-order chi connectivity index (χ1) is 8.50. The van der Waals surface area contributed by atoms with Crippen LogP contribution >= 0.6 is 11.3 Å². The second-order valence-corrected chi connectivity index (χ2v) is 5.85. The molecule has 0 spiro atoms. The molecule has 1 unspecified atom stereocenters. The Hall–Kier alpha value is -1.36. The molecule has 1 fully saturated rings. The summed E-state index contributed by atoms with van der Waals surface area (Å²) in [5, 5.41) is 10.9. The van der Waals surface area contributed by atoms with Crippen LogP contribution in [-0.2, 0) is 4.79 Å². The van der Waals surface area contributed by atoms with Crippen LogP contribution in [0.25, 0.3) is 0 Å². The molecule has 2 rings (SSSR count). The van der Waals surface area contributed by atoms with Gasteiger partial charge in [0.1, 0.15) is 0 Å². The van der Waals surface area contributed by atoms with Crippen molar-refractivity contribution >= 4 is 23.2 Å². The van der Waals surface area contributed by atoms with Crippen LogP contribution in [-0.4, -0.2) is 35.0 Å². The van der Waals surface area contributed by atoms with Gasteiger partial charge in [-0.3, -0.25) is 9.59 Å². The molecular formula is C13H17NO3S. The number of nitrogens with zero attached hydrogens (tertiary/aromatic N) is 1. The van der Waals surface area contributed by atoms with E-state index in [-0.39, 0.29) is 5.91 Å². The lowest BCUT2D eigenvalue weighted by Gasteiger charge is -2.16. The molecule has 4 nitrogen and oxygen atoms in total. The van der Waals surface area contributed by atoms with Crippen molar-refractivity contribution in [1.29, 1.82) is 0 Å². The Bertz CT molecular complexity index is 467. The zero-order valence-corrected chi connectivity index (χ0v) is 11.4. The number of carbonyl (C=O) groups excluding carboxylic acids is 1. The topological polar surface area (TPSA) is 57.6 Å². The molecule has 0 bridgehead atoms. The van der Waals surface area contributed by atoms with E-state index in [1.807, 2.05) is 11.4 Å². The van der Waals surface area contributed by atoms with E-state index in [0.717, 1.165) is 10.4 Å². The van der Waals surface area contributed by atoms with Gasteiger partial charge in [0.15, 0.2) is 0 Å². The van der Waals surface area contributed by atoms with Crippen LogP contribution in [0, 0.1) is 5.92 Å². The summed E-state index contributed by atoms with van der Waals surface area (Å²) >= 11 is 1.44. The number of hydrogen-bond acceptors (Lipinski definition) is 3. The van der Waals surface area contributed by atoms with Crippen molar-refractivity contribution < 1.29 is 14.7 Å². The Morgan fingerprint density at radius 1 is 1.50 bits per heavy atom. The number of carboxylic acids is 1. The molecule has 1 aliphatic rings. The van der Waals surface area contributed by atoms with E-state index < -0.39 is 11.9 Å². The summed E-state index contributed by atoms with van der Waals surface area (Å²) in [6, 6.07) is 1.98. The van der Waals surface area contributed by atoms with E-state index >= 15 is 0 Å². The highest BCUT2D eigenvalue weighted by Gasteiger charge is 2.32. The van der Waals surface area contributed by atoms with Crippen molar-refractivity contribution in [3.63, 3.8) is 0 Å². The first-order valence-corrected chi connectivity index (χ1v) is 6.98. The molecular weight excluding hydrogens is 250 g/mol. The van der Waals surface area contributed by atoms with Crippen molar-refractivity contribution in [3.8, 4) is 0 Å². The molecule has 0 aliphatic carbocycles. The Morgan fingerprint density at radius 3 is 2.78 bits per heavy atom. The van der Waals surface area contributed by atoms with Gasteiger partial charge in [-0.05, 0) is 29.3 Å². The van der Waals surface area contributed by atoms with E-state index in [1.165, 1.54) is 11.3 Å². The third kappa shape index (κ3) is 2.41. The fourth-order valence-corrected chi connectivity index (χ4v) is 3.26. The number of carbonyl (C=O) groups is 2. The van der Waals surface area contributed by atoms with Gasteiger partial charge in [-0.25, -0.2) is 0 Å². The number of hydrogen-bond donors (Lipinski definition) is 1. The molecule has 1 saturated heterocycles. The van der Waals surface area contributed by atoms with Crippen LogP contribution in [0.2, 0.25) is 0 Å². The number of rotatable bonds is 3. The van der Waals surface area contributed by atoms with Gasteiger partial charge in [0.05, 0.1) is 10.8 Å². The average Bonchev–Trinajstić information content (AvgIpc) is 2.97. The molecule has 98 valence electrons. The minimum Gasteiger partial charge on any atom is -0.481 e. The van der Waals surface area contributed by atoms with Gasteiger partial charge in [0, 0.05) is 13.1 Å². The van der Waals surface area contributed by atoms with Crippen LogP contribution < -0.4 is 0 Å². The Morgan fingerprint density at radius 2 is 2.22 bits per heavy atom. The lowest BCUT2D eigenvalue weighted by atomic mass is 10.0. The van der Waals surface area contributed by atoms with Gasteiger partial charge in [0.2, 0.25) is 0 Å². The van der Waals surface area contributed by atoms with E-state index in [4.69, 9.17) is 5.11 Å². The monoisotopic (exact) mass is 267 g/mol. The first-order valence-electron chi connectivity index (χ1n) is 6.10. The molecule has 1 aliphatic heterocycles. The lowest BCUT2D eigenvalue weighted by molar-refractivity contribution is -0.141. The first kappa shape index (κ1) is 13.1. The summed E-state index contributed by atoms with van der Waals surface area (Å²) in [4.78, 5) is 25.7. The summed E-state index contributed by atoms with van der Waals surface area (Å²) in [6.07, 6.45) is 0.559. The molecule has 18 heavy (non-hydrogen) atoms. The number of thiophene rings is 1. The summed E-state index contributed by atoms with van der Waals surface area (Å²) < 4.78 is 0. The fourth-order valence-electron chi connectivity index (χ4n) is 2.24. The Labute approximate surface area is 110 Å². The quantitative estimate of drug-likeness (QED) is 0.915. The van der Waals surface area contributed by atoms with Gasteiger partial charge in [-0.15, -0.1) is 11.3 Å². The Kier molecular flexibility index (Phi) is 3.71. The molecule has 0 radical (unpaired) electrons. The SMILES string of the molecule is CC(C)c1ccsc1C(=O)N1CCC(C(=O)O)C1. The second-order valence-electron chi connectivity index (χ2n) is 4.93. The summed E-state index contributed by atoms with van der Waals surface area (Å²) in [7, 11) is 0. The number of aliphatic carboxylic acids is 1. The van der Waals surface area contributed by atoms with Crippen molar-refractivity contribution in [2.45, 2.75) is 26.2 Å². The third-order valence-corrected chi connectivity index (χ3v) is 4.25. The predicted molar refractivity (Wildman–Crippen MR) is 70.1 cm³/mol. The minimum atomic E-state index is -0.805. The molecule has 0 aromatic carbocycles. The smallest absolute Gasteiger partial charge is 0.308 e. The maximum absolute atomic E-state index is 12.3. The van der Waals surface area contributed by atoms with Gasteiger partial charge in [-0.1, -0.05) is 13.8 Å². The number of likely N-dealkylation sites (tertiary alicyclic amines) is 1. The second kappa shape index (κ2) is 5.10. The predicted octanol–water partition coefficient (Wildman–Crippen LogP) is 2.42. The van der Waals surface area contributed by atoms with Gasteiger partial charge >= 0.3 is 5.97 Å². The highest BCUT2D eigenvalue weighted by atomic mass is 32.1. The van der Waals surface area contributed by atoms with Crippen molar-refractivity contribution in [3.05, 3.63) is 21.9 Å². The molecule has 0 saturated carbocycles. The number of amides is 1. The van der Waals surface area contributed by atoms with Crippen LogP contribution in [0.4, 0.5) is 0 Å². The van der Waals surface area contributed by atoms with Crippen LogP contribution in [0.5, 0.6) is 0 Å². The molecule has 1 N–H and O–H groups in total. The maximum Gasteiger partial charge on any atom is 0.308 e. The standard InChI is InChI=1S/C13H17NO3S/c1-8(2)10-4-6-18-11(10)12(15)14-5-3-9(7-14)13(16)17/h4,6,8-9H,3,5,7H2,1-2H3,(H,16,17). The van der Waals surface area contributed by atoms with E-state index in [0.29, 0.717) is 25.4 Å². The minimum absolute atomic E-state index is 0.0162. The average molecular weight is 267 g/mol. The molecule has 5 heteroatoms. The summed E-state index contributed by atoms with van der Waals surface area (Å²) in [5.74, 6) is -0.914. The Balaban J connectivity index is 2.13. The largest absolute Gasteiger partial charge is 0.481 e. The zero-order valence-electron chi connectivity index (χ0n) is 10.5. The molecule has 1 aromatic heterocycles. The van der Waals surface area contributed by atoms with Crippen molar-refractivity contribution in [2.75, 3.05) is 13.1 Å². The number of carboxylic acid groups (broad SMARTS) is 1. The summed E-state index contributed by atoms with van der Waals surface area (Å²) in [6.45, 7) is 5.00. The fraction of sp³-hybridized carbons (Fsp3) is 0.538. The molecule has 1 aromatic rings. The van der Waals surface area contributed by atoms with Crippen LogP contribution in [0.15, 0.2) is 11.4 Å². The third-order valence-electron chi connectivity index (χ3n) is 3.34. The molecule has 1 atom stereocenters. The van der Waals surface area contributed by atoms with Gasteiger partial charge < -0.3 is 10.0 Å². The maximum atomic E-state index is 12.3. The van der Waals surface area contributed by atoms with Crippen LogP contribution in [0.3, 0.4) is 0 Å². The molecule has 2 heterocycles. The van der Waals surface area contributed by atoms with Crippen molar-refractivity contribution in [1.82, 2.24) is 4.90 Å². The lowest BCUT2D eigenvalue weighted by Crippen LogP contribution is -2.30. The molecule has 1 amide bonds. The van der Waals surface area contributed by atoms with Gasteiger partial charge in [-0.2, -0.15) is 0 Å². The van der Waals surface area contributed by atoms with E-state index in [1.54, 1.807) is 4.90 Å². The highest BCUT2D eigenvalue weighted by molar-refractivity contribution is 7.12. The van der Waals surface area contributed by atoms with Gasteiger partial charge in [0.25, 0.3) is 5.91 Å². The zero-order chi connectivity index (χ0) is 13.3. The van der Waals surface area contributed by atoms with Crippen molar-refractivity contribution in [2.24, 2.45) is 5.92 Å². The highest BCUT2D eigenvalue weighted by Crippen LogP contribution is 2.28. The van der Waals surface area contributed by atoms with Crippen LogP contribution in [0.1, 0.15) is 41.4 Å². The summed E-state index contributed by atoms with van der Waals surface area (Å²) in [5.41, 5.74) is 1.06. The van der Waals surface area contributed by atoms with E-state index in [9.17, 15) is 9.59 Å².